The maximum absolute atomic E-state index is 11.6. The summed E-state index contributed by atoms with van der Waals surface area (Å²) < 4.78 is 1.09. The van der Waals surface area contributed by atoms with Crippen LogP contribution < -0.4 is 10.6 Å². The van der Waals surface area contributed by atoms with Gasteiger partial charge in [0.05, 0.1) is 0 Å². The summed E-state index contributed by atoms with van der Waals surface area (Å²) >= 11 is 3.52. The van der Waals surface area contributed by atoms with Crippen LogP contribution in [-0.2, 0) is 6.54 Å². The molecular weight excluding hydrogens is 316 g/mol. The van der Waals surface area contributed by atoms with Gasteiger partial charge in [-0.3, -0.25) is 4.79 Å². The second kappa shape index (κ2) is 7.10. The molecule has 0 aliphatic carbocycles. The van der Waals surface area contributed by atoms with Crippen molar-refractivity contribution >= 4 is 27.5 Å². The zero-order valence-electron chi connectivity index (χ0n) is 11.3. The average Bonchev–Trinajstić information content (AvgIpc) is 2.47. The van der Waals surface area contributed by atoms with Crippen LogP contribution >= 0.6 is 15.9 Å². The highest BCUT2D eigenvalue weighted by Gasteiger charge is 2.03. The van der Waals surface area contributed by atoms with Gasteiger partial charge in [-0.1, -0.05) is 34.1 Å². The lowest BCUT2D eigenvalue weighted by molar-refractivity contribution is 0.0956. The molecule has 0 aliphatic heterocycles. The highest BCUT2D eigenvalue weighted by Crippen LogP contribution is 2.18. The third-order valence-corrected chi connectivity index (χ3v) is 3.70. The van der Waals surface area contributed by atoms with Gasteiger partial charge in [-0.2, -0.15) is 0 Å². The maximum atomic E-state index is 11.6. The van der Waals surface area contributed by atoms with Crippen LogP contribution in [0.3, 0.4) is 0 Å². The lowest BCUT2D eigenvalue weighted by atomic mass is 10.2. The Morgan fingerprint density at radius 2 is 1.80 bits per heavy atom. The fourth-order valence-electron chi connectivity index (χ4n) is 1.84. The van der Waals surface area contributed by atoms with Crippen LogP contribution in [0, 0.1) is 0 Å². The van der Waals surface area contributed by atoms with E-state index >= 15 is 0 Å². The smallest absolute Gasteiger partial charge is 0.251 e. The molecule has 20 heavy (non-hydrogen) atoms. The highest BCUT2D eigenvalue weighted by molar-refractivity contribution is 9.10. The zero-order chi connectivity index (χ0) is 14.4. The summed E-state index contributed by atoms with van der Waals surface area (Å²) in [6.07, 6.45) is 0. The van der Waals surface area contributed by atoms with Crippen molar-refractivity contribution in [2.45, 2.75) is 13.5 Å². The van der Waals surface area contributed by atoms with E-state index < -0.39 is 0 Å². The summed E-state index contributed by atoms with van der Waals surface area (Å²) in [5.41, 5.74) is 2.87. The van der Waals surface area contributed by atoms with Crippen molar-refractivity contribution in [1.82, 2.24) is 5.32 Å². The third-order valence-electron chi connectivity index (χ3n) is 2.93. The molecule has 0 aromatic heterocycles. The number of hydrogen-bond acceptors (Lipinski definition) is 2. The van der Waals surface area contributed by atoms with Gasteiger partial charge in [0.25, 0.3) is 5.91 Å². The summed E-state index contributed by atoms with van der Waals surface area (Å²) in [6, 6.07) is 15.6. The van der Waals surface area contributed by atoms with Crippen LogP contribution in [0.25, 0.3) is 0 Å². The van der Waals surface area contributed by atoms with E-state index in [4.69, 9.17) is 0 Å². The zero-order valence-corrected chi connectivity index (χ0v) is 12.9. The van der Waals surface area contributed by atoms with Crippen molar-refractivity contribution in [3.63, 3.8) is 0 Å². The molecule has 2 N–H and O–H groups in total. The molecule has 1 amide bonds. The number of halogens is 1. The molecule has 0 spiro atoms. The van der Waals surface area contributed by atoms with E-state index in [0.717, 1.165) is 16.7 Å². The molecule has 0 radical (unpaired) electrons. The maximum Gasteiger partial charge on any atom is 0.251 e. The Labute approximate surface area is 127 Å². The van der Waals surface area contributed by atoms with E-state index in [1.54, 1.807) is 0 Å². The second-order valence-corrected chi connectivity index (χ2v) is 5.24. The Morgan fingerprint density at radius 1 is 1.10 bits per heavy atom. The van der Waals surface area contributed by atoms with Gasteiger partial charge >= 0.3 is 0 Å². The summed E-state index contributed by atoms with van der Waals surface area (Å²) in [7, 11) is 0. The Hall–Kier alpha value is -1.81. The van der Waals surface area contributed by atoms with Gasteiger partial charge in [0.15, 0.2) is 0 Å². The Morgan fingerprint density at radius 3 is 2.45 bits per heavy atom. The lowest BCUT2D eigenvalue weighted by Crippen LogP contribution is -2.22. The summed E-state index contributed by atoms with van der Waals surface area (Å²) in [4.78, 5) is 11.6. The van der Waals surface area contributed by atoms with E-state index in [2.05, 4.69) is 32.6 Å². The number of anilines is 1. The predicted octanol–water partition coefficient (Wildman–Crippen LogP) is 3.81. The van der Waals surface area contributed by atoms with Gasteiger partial charge in [0.2, 0.25) is 0 Å². The number of carbonyl (C=O) groups is 1. The summed E-state index contributed by atoms with van der Waals surface area (Å²) in [6.45, 7) is 3.29. The molecule has 0 fully saturated rings. The normalized spacial score (nSPS) is 10.1. The van der Waals surface area contributed by atoms with Gasteiger partial charge in [-0.15, -0.1) is 0 Å². The van der Waals surface area contributed by atoms with Crippen LogP contribution in [0.2, 0.25) is 0 Å². The van der Waals surface area contributed by atoms with Gasteiger partial charge in [-0.05, 0) is 42.8 Å². The molecule has 0 heterocycles. The molecule has 0 unspecified atom stereocenters. The standard InChI is InChI=1S/C16H17BrN2O/c1-2-18-16(20)12-7-9-14(10-8-12)19-11-13-5-3-4-6-15(13)17/h3-10,19H,2,11H2,1H3,(H,18,20). The number of amides is 1. The van der Waals surface area contributed by atoms with Crippen LogP contribution in [0.4, 0.5) is 5.69 Å². The molecular formula is C16H17BrN2O. The minimum absolute atomic E-state index is 0.0372. The van der Waals surface area contributed by atoms with E-state index in [1.165, 1.54) is 5.56 Å². The Kier molecular flexibility index (Phi) is 5.18. The molecule has 0 atom stereocenters. The van der Waals surface area contributed by atoms with Crippen molar-refractivity contribution in [1.29, 1.82) is 0 Å². The van der Waals surface area contributed by atoms with Gasteiger partial charge in [-0.25, -0.2) is 0 Å². The van der Waals surface area contributed by atoms with Gasteiger partial charge in [0.1, 0.15) is 0 Å². The minimum Gasteiger partial charge on any atom is -0.381 e. The summed E-state index contributed by atoms with van der Waals surface area (Å²) in [5, 5.41) is 6.12. The molecule has 0 aliphatic rings. The topological polar surface area (TPSA) is 41.1 Å². The number of nitrogens with one attached hydrogen (secondary N) is 2. The average molecular weight is 333 g/mol. The first-order valence-corrected chi connectivity index (χ1v) is 7.35. The van der Waals surface area contributed by atoms with E-state index in [1.807, 2.05) is 49.4 Å². The second-order valence-electron chi connectivity index (χ2n) is 4.38. The first-order chi connectivity index (χ1) is 9.70. The molecule has 2 aromatic carbocycles. The van der Waals surface area contributed by atoms with Crippen molar-refractivity contribution in [2.24, 2.45) is 0 Å². The molecule has 0 bridgehead atoms. The number of benzene rings is 2. The SMILES string of the molecule is CCNC(=O)c1ccc(NCc2ccccc2Br)cc1. The fourth-order valence-corrected chi connectivity index (χ4v) is 2.27. The van der Waals surface area contributed by atoms with Crippen molar-refractivity contribution in [3.8, 4) is 0 Å². The molecule has 2 aromatic rings. The predicted molar refractivity (Wildman–Crippen MR) is 85.9 cm³/mol. The monoisotopic (exact) mass is 332 g/mol. The Bertz CT molecular complexity index is 581. The Balaban J connectivity index is 1.98. The van der Waals surface area contributed by atoms with Gasteiger partial charge < -0.3 is 10.6 Å². The molecule has 4 heteroatoms. The summed E-state index contributed by atoms with van der Waals surface area (Å²) in [5.74, 6) is -0.0372. The molecule has 104 valence electrons. The first kappa shape index (κ1) is 14.6. The van der Waals surface area contributed by atoms with E-state index in [0.29, 0.717) is 12.1 Å². The lowest BCUT2D eigenvalue weighted by Gasteiger charge is -2.09. The van der Waals surface area contributed by atoms with Crippen LogP contribution in [0.15, 0.2) is 53.0 Å². The third kappa shape index (κ3) is 3.84. The largest absolute Gasteiger partial charge is 0.381 e. The molecule has 0 saturated carbocycles. The van der Waals surface area contributed by atoms with Crippen LogP contribution in [0.5, 0.6) is 0 Å². The van der Waals surface area contributed by atoms with Crippen LogP contribution in [0.1, 0.15) is 22.8 Å². The van der Waals surface area contributed by atoms with E-state index in [9.17, 15) is 4.79 Å². The first-order valence-electron chi connectivity index (χ1n) is 6.56. The number of carbonyl (C=O) groups excluding carboxylic acids is 1. The molecule has 2 rings (SSSR count). The van der Waals surface area contributed by atoms with E-state index in [-0.39, 0.29) is 5.91 Å². The minimum atomic E-state index is -0.0372. The quantitative estimate of drug-likeness (QED) is 0.874. The molecule has 0 saturated heterocycles. The van der Waals surface area contributed by atoms with Crippen molar-refractivity contribution in [3.05, 3.63) is 64.1 Å². The van der Waals surface area contributed by atoms with Crippen molar-refractivity contribution in [2.75, 3.05) is 11.9 Å². The fraction of sp³-hybridized carbons (Fsp3) is 0.188. The highest BCUT2D eigenvalue weighted by atomic mass is 79.9. The van der Waals surface area contributed by atoms with Crippen molar-refractivity contribution < 1.29 is 4.79 Å². The molecule has 3 nitrogen and oxygen atoms in total. The number of hydrogen-bond donors (Lipinski definition) is 2. The number of rotatable bonds is 5. The van der Waals surface area contributed by atoms with Gasteiger partial charge in [0, 0.05) is 28.8 Å². The van der Waals surface area contributed by atoms with Crippen LogP contribution in [-0.4, -0.2) is 12.5 Å².